The van der Waals surface area contributed by atoms with Crippen LogP contribution >= 0.6 is 0 Å². The van der Waals surface area contributed by atoms with Crippen molar-refractivity contribution in [1.82, 2.24) is 10.2 Å². The molecule has 106 valence electrons. The predicted molar refractivity (Wildman–Crippen MR) is 80.4 cm³/mol. The van der Waals surface area contributed by atoms with E-state index in [4.69, 9.17) is 0 Å². The zero-order valence-corrected chi connectivity index (χ0v) is 12.5. The molecule has 0 fully saturated rings. The molecule has 2 unspecified atom stereocenters. The molecule has 2 N–H and O–H groups in total. The monoisotopic (exact) mass is 263 g/mol. The van der Waals surface area contributed by atoms with E-state index in [1.807, 2.05) is 52.2 Å². The fourth-order valence-electron chi connectivity index (χ4n) is 1.99. The maximum Gasteiger partial charge on any atom is 0.241 e. The van der Waals surface area contributed by atoms with Crippen LogP contribution in [0, 0.1) is 6.92 Å². The van der Waals surface area contributed by atoms with E-state index >= 15 is 0 Å². The molecule has 0 aliphatic rings. The number of hydrogen-bond donors (Lipinski definition) is 2. The highest BCUT2D eigenvalue weighted by atomic mass is 16.2. The van der Waals surface area contributed by atoms with Crippen molar-refractivity contribution >= 4 is 11.6 Å². The van der Waals surface area contributed by atoms with Crippen molar-refractivity contribution in [3.63, 3.8) is 0 Å². The fraction of sp³-hybridized carbons (Fsp3) is 0.533. The van der Waals surface area contributed by atoms with Crippen molar-refractivity contribution in [3.05, 3.63) is 29.8 Å². The van der Waals surface area contributed by atoms with Gasteiger partial charge in [0.15, 0.2) is 0 Å². The Morgan fingerprint density at radius 1 is 1.21 bits per heavy atom. The van der Waals surface area contributed by atoms with Crippen molar-refractivity contribution in [3.8, 4) is 0 Å². The number of carbonyl (C=O) groups is 1. The number of nitrogens with one attached hydrogen (secondary N) is 2. The summed E-state index contributed by atoms with van der Waals surface area (Å²) in [6.07, 6.45) is 0. The number of aryl methyl sites for hydroxylation is 1. The number of nitrogens with zero attached hydrogens (tertiary/aromatic N) is 1. The molecule has 19 heavy (non-hydrogen) atoms. The van der Waals surface area contributed by atoms with Gasteiger partial charge in [-0.3, -0.25) is 4.79 Å². The van der Waals surface area contributed by atoms with Gasteiger partial charge in [-0.25, -0.2) is 0 Å². The van der Waals surface area contributed by atoms with Gasteiger partial charge in [0, 0.05) is 18.3 Å². The van der Waals surface area contributed by atoms with Crippen LogP contribution in [0.2, 0.25) is 0 Å². The molecule has 1 aromatic carbocycles. The highest BCUT2D eigenvalue weighted by molar-refractivity contribution is 5.94. The maximum atomic E-state index is 12.0. The molecule has 0 saturated carbocycles. The Kier molecular flexibility index (Phi) is 5.99. The summed E-state index contributed by atoms with van der Waals surface area (Å²) >= 11 is 0. The van der Waals surface area contributed by atoms with E-state index in [-0.39, 0.29) is 18.0 Å². The lowest BCUT2D eigenvalue weighted by Crippen LogP contribution is -2.46. The van der Waals surface area contributed by atoms with E-state index in [2.05, 4.69) is 22.5 Å². The summed E-state index contributed by atoms with van der Waals surface area (Å²) in [4.78, 5) is 14.1. The maximum absolute atomic E-state index is 12.0. The molecule has 4 heteroatoms. The Morgan fingerprint density at radius 2 is 1.79 bits per heavy atom. The molecular formula is C15H25N3O. The van der Waals surface area contributed by atoms with Crippen LogP contribution in [0.3, 0.4) is 0 Å². The van der Waals surface area contributed by atoms with Crippen molar-refractivity contribution in [2.24, 2.45) is 0 Å². The SMILES string of the molecule is Cc1ccc(NC(=O)C(C)NC(C)CN(C)C)cc1. The molecule has 0 spiro atoms. The first-order chi connectivity index (χ1) is 8.88. The average molecular weight is 263 g/mol. The number of rotatable bonds is 6. The molecular weight excluding hydrogens is 238 g/mol. The first kappa shape index (κ1) is 15.7. The molecule has 0 aliphatic carbocycles. The van der Waals surface area contributed by atoms with Crippen LogP contribution in [0.5, 0.6) is 0 Å². The highest BCUT2D eigenvalue weighted by Crippen LogP contribution is 2.08. The van der Waals surface area contributed by atoms with Gasteiger partial charge in [0.2, 0.25) is 5.91 Å². The Bertz CT molecular complexity index is 400. The number of anilines is 1. The van der Waals surface area contributed by atoms with Gasteiger partial charge in [0.25, 0.3) is 0 Å². The van der Waals surface area contributed by atoms with Gasteiger partial charge in [-0.05, 0) is 47.0 Å². The Labute approximate surface area is 116 Å². The third-order valence-electron chi connectivity index (χ3n) is 2.89. The number of carbonyl (C=O) groups excluding carboxylic acids is 1. The summed E-state index contributed by atoms with van der Waals surface area (Å²) in [6.45, 7) is 6.90. The second kappa shape index (κ2) is 7.26. The molecule has 4 nitrogen and oxygen atoms in total. The smallest absolute Gasteiger partial charge is 0.241 e. The molecule has 0 aromatic heterocycles. The van der Waals surface area contributed by atoms with Crippen molar-refractivity contribution in [2.45, 2.75) is 32.9 Å². The minimum absolute atomic E-state index is 0.00513. The van der Waals surface area contributed by atoms with Crippen molar-refractivity contribution in [1.29, 1.82) is 0 Å². The summed E-state index contributed by atoms with van der Waals surface area (Å²) in [5.41, 5.74) is 2.02. The molecule has 0 bridgehead atoms. The Morgan fingerprint density at radius 3 is 2.32 bits per heavy atom. The van der Waals surface area contributed by atoms with E-state index in [0.29, 0.717) is 0 Å². The van der Waals surface area contributed by atoms with E-state index in [1.165, 1.54) is 5.56 Å². The van der Waals surface area contributed by atoms with Crippen LogP contribution in [0.15, 0.2) is 24.3 Å². The second-order valence-corrected chi connectivity index (χ2v) is 5.41. The first-order valence-electron chi connectivity index (χ1n) is 6.67. The fourth-order valence-corrected chi connectivity index (χ4v) is 1.99. The second-order valence-electron chi connectivity index (χ2n) is 5.41. The lowest BCUT2D eigenvalue weighted by Gasteiger charge is -2.22. The molecule has 1 aromatic rings. The van der Waals surface area contributed by atoms with Crippen LogP contribution < -0.4 is 10.6 Å². The van der Waals surface area contributed by atoms with Gasteiger partial charge >= 0.3 is 0 Å². The zero-order chi connectivity index (χ0) is 14.4. The number of benzene rings is 1. The Balaban J connectivity index is 2.46. The zero-order valence-electron chi connectivity index (χ0n) is 12.5. The molecule has 2 atom stereocenters. The van der Waals surface area contributed by atoms with Gasteiger partial charge in [-0.2, -0.15) is 0 Å². The summed E-state index contributed by atoms with van der Waals surface area (Å²) in [5, 5.41) is 6.20. The molecule has 0 saturated heterocycles. The summed E-state index contributed by atoms with van der Waals surface area (Å²) in [6, 6.07) is 7.88. The molecule has 1 amide bonds. The quantitative estimate of drug-likeness (QED) is 0.823. The van der Waals surface area contributed by atoms with E-state index in [0.717, 1.165) is 12.2 Å². The summed E-state index contributed by atoms with van der Waals surface area (Å²) in [5.74, 6) is -0.00513. The van der Waals surface area contributed by atoms with E-state index < -0.39 is 0 Å². The number of likely N-dealkylation sites (N-methyl/N-ethyl adjacent to an activating group) is 1. The van der Waals surface area contributed by atoms with Crippen LogP contribution in [0.25, 0.3) is 0 Å². The summed E-state index contributed by atoms with van der Waals surface area (Å²) in [7, 11) is 4.05. The Hall–Kier alpha value is -1.39. The van der Waals surface area contributed by atoms with Crippen molar-refractivity contribution < 1.29 is 4.79 Å². The average Bonchev–Trinajstić information content (AvgIpc) is 2.30. The van der Waals surface area contributed by atoms with Crippen LogP contribution in [-0.4, -0.2) is 43.5 Å². The largest absolute Gasteiger partial charge is 0.325 e. The van der Waals surface area contributed by atoms with E-state index in [1.54, 1.807) is 0 Å². The third-order valence-corrected chi connectivity index (χ3v) is 2.89. The number of hydrogen-bond acceptors (Lipinski definition) is 3. The lowest BCUT2D eigenvalue weighted by atomic mass is 10.2. The third kappa shape index (κ3) is 5.85. The molecule has 0 radical (unpaired) electrons. The van der Waals surface area contributed by atoms with Crippen molar-refractivity contribution in [2.75, 3.05) is 26.0 Å². The number of amides is 1. The van der Waals surface area contributed by atoms with E-state index in [9.17, 15) is 4.79 Å². The van der Waals surface area contributed by atoms with Gasteiger partial charge in [0.05, 0.1) is 6.04 Å². The normalized spacial score (nSPS) is 14.2. The van der Waals surface area contributed by atoms with Crippen LogP contribution in [0.1, 0.15) is 19.4 Å². The molecule has 1 rings (SSSR count). The molecule has 0 aliphatic heterocycles. The van der Waals surface area contributed by atoms with Gasteiger partial charge < -0.3 is 15.5 Å². The standard InChI is InChI=1S/C15H25N3O/c1-11-6-8-14(9-7-11)17-15(19)13(3)16-12(2)10-18(4)5/h6-9,12-13,16H,10H2,1-5H3,(H,17,19). The lowest BCUT2D eigenvalue weighted by molar-refractivity contribution is -0.118. The van der Waals surface area contributed by atoms with Gasteiger partial charge in [0.1, 0.15) is 0 Å². The van der Waals surface area contributed by atoms with Gasteiger partial charge in [-0.15, -0.1) is 0 Å². The van der Waals surface area contributed by atoms with Crippen LogP contribution in [0.4, 0.5) is 5.69 Å². The minimum atomic E-state index is -0.212. The predicted octanol–water partition coefficient (Wildman–Crippen LogP) is 1.86. The first-order valence-corrected chi connectivity index (χ1v) is 6.67. The van der Waals surface area contributed by atoms with Gasteiger partial charge in [-0.1, -0.05) is 17.7 Å². The minimum Gasteiger partial charge on any atom is -0.325 e. The highest BCUT2D eigenvalue weighted by Gasteiger charge is 2.15. The topological polar surface area (TPSA) is 44.4 Å². The van der Waals surface area contributed by atoms with Crippen LogP contribution in [-0.2, 0) is 4.79 Å². The summed E-state index contributed by atoms with van der Waals surface area (Å²) < 4.78 is 0. The molecule has 0 heterocycles.